The molecule has 0 heterocycles. The Morgan fingerprint density at radius 1 is 1.21 bits per heavy atom. The van der Waals surface area contributed by atoms with Crippen molar-refractivity contribution < 1.29 is 9.13 Å². The molecule has 106 valence electrons. The Labute approximate surface area is 115 Å². The highest BCUT2D eigenvalue weighted by molar-refractivity contribution is 5.37. The minimum absolute atomic E-state index is 0.179. The number of benzene rings is 1. The number of halogens is 1. The summed E-state index contributed by atoms with van der Waals surface area (Å²) in [5, 5.41) is 0. The predicted molar refractivity (Wildman–Crippen MR) is 75.6 cm³/mol. The lowest BCUT2D eigenvalue weighted by Gasteiger charge is -2.32. The molecule has 1 fully saturated rings. The van der Waals surface area contributed by atoms with E-state index in [-0.39, 0.29) is 18.0 Å². The Hall–Kier alpha value is -1.09. The Kier molecular flexibility index (Phi) is 4.46. The van der Waals surface area contributed by atoms with Gasteiger partial charge in [-0.15, -0.1) is 0 Å². The van der Waals surface area contributed by atoms with Crippen LogP contribution in [0.1, 0.15) is 51.6 Å². The van der Waals surface area contributed by atoms with Crippen molar-refractivity contribution in [1.82, 2.24) is 0 Å². The van der Waals surface area contributed by atoms with Gasteiger partial charge in [-0.05, 0) is 50.2 Å². The molecular formula is C16H24FNO. The third kappa shape index (κ3) is 3.47. The van der Waals surface area contributed by atoms with Gasteiger partial charge in [0.15, 0.2) is 0 Å². The van der Waals surface area contributed by atoms with Gasteiger partial charge >= 0.3 is 0 Å². The quantitative estimate of drug-likeness (QED) is 0.895. The largest absolute Gasteiger partial charge is 0.490 e. The van der Waals surface area contributed by atoms with E-state index >= 15 is 0 Å². The molecule has 19 heavy (non-hydrogen) atoms. The normalized spacial score (nSPS) is 29.0. The summed E-state index contributed by atoms with van der Waals surface area (Å²) in [7, 11) is 0. The lowest BCUT2D eigenvalue weighted by molar-refractivity contribution is 0.0993. The smallest absolute Gasteiger partial charge is 0.131 e. The van der Waals surface area contributed by atoms with Crippen LogP contribution < -0.4 is 10.5 Å². The number of hydrogen-bond acceptors (Lipinski definition) is 2. The molecule has 1 aromatic rings. The van der Waals surface area contributed by atoms with E-state index < -0.39 is 0 Å². The molecular weight excluding hydrogens is 241 g/mol. The summed E-state index contributed by atoms with van der Waals surface area (Å²) in [6.07, 6.45) is 3.51. The molecule has 3 heteroatoms. The van der Waals surface area contributed by atoms with E-state index in [2.05, 4.69) is 13.8 Å². The van der Waals surface area contributed by atoms with Gasteiger partial charge in [0.05, 0.1) is 6.10 Å². The van der Waals surface area contributed by atoms with Crippen molar-refractivity contribution in [2.45, 2.75) is 52.2 Å². The van der Waals surface area contributed by atoms with Crippen molar-refractivity contribution in [2.24, 2.45) is 17.6 Å². The van der Waals surface area contributed by atoms with Gasteiger partial charge in [0.25, 0.3) is 0 Å². The van der Waals surface area contributed by atoms with Crippen LogP contribution in [-0.2, 0) is 0 Å². The zero-order valence-corrected chi connectivity index (χ0v) is 12.0. The minimum Gasteiger partial charge on any atom is -0.490 e. The second kappa shape index (κ2) is 5.91. The molecule has 3 atom stereocenters. The van der Waals surface area contributed by atoms with Gasteiger partial charge in [-0.1, -0.05) is 19.9 Å². The first-order valence-electron chi connectivity index (χ1n) is 7.18. The van der Waals surface area contributed by atoms with Crippen molar-refractivity contribution in [2.75, 3.05) is 0 Å². The lowest BCUT2D eigenvalue weighted by atomic mass is 9.82. The van der Waals surface area contributed by atoms with Crippen LogP contribution in [0.2, 0.25) is 0 Å². The Balaban J connectivity index is 2.17. The van der Waals surface area contributed by atoms with Crippen LogP contribution >= 0.6 is 0 Å². The van der Waals surface area contributed by atoms with Crippen molar-refractivity contribution in [3.8, 4) is 5.75 Å². The molecule has 1 saturated carbocycles. The van der Waals surface area contributed by atoms with Crippen molar-refractivity contribution >= 4 is 0 Å². The highest BCUT2D eigenvalue weighted by atomic mass is 19.1. The van der Waals surface area contributed by atoms with Crippen LogP contribution in [0.3, 0.4) is 0 Å². The van der Waals surface area contributed by atoms with Gasteiger partial charge in [0, 0.05) is 11.6 Å². The van der Waals surface area contributed by atoms with E-state index in [1.165, 1.54) is 12.5 Å². The van der Waals surface area contributed by atoms with E-state index in [1.807, 2.05) is 6.07 Å². The van der Waals surface area contributed by atoms with E-state index in [0.717, 1.165) is 12.8 Å². The van der Waals surface area contributed by atoms with Crippen LogP contribution in [0.15, 0.2) is 18.2 Å². The van der Waals surface area contributed by atoms with Gasteiger partial charge in [-0.25, -0.2) is 4.39 Å². The molecule has 1 aliphatic carbocycles. The maximum atomic E-state index is 13.8. The molecule has 0 aromatic heterocycles. The van der Waals surface area contributed by atoms with Crippen molar-refractivity contribution in [3.63, 3.8) is 0 Å². The Morgan fingerprint density at radius 2 is 1.84 bits per heavy atom. The summed E-state index contributed by atoms with van der Waals surface area (Å²) in [5.41, 5.74) is 6.35. The number of hydrogen-bond donors (Lipinski definition) is 1. The van der Waals surface area contributed by atoms with Crippen LogP contribution in [-0.4, -0.2) is 6.10 Å². The second-order valence-electron chi connectivity index (χ2n) is 6.10. The third-order valence-electron chi connectivity index (χ3n) is 3.90. The van der Waals surface area contributed by atoms with Gasteiger partial charge in [-0.3, -0.25) is 0 Å². The van der Waals surface area contributed by atoms with E-state index in [4.69, 9.17) is 10.5 Å². The van der Waals surface area contributed by atoms with Crippen LogP contribution in [0.4, 0.5) is 4.39 Å². The monoisotopic (exact) mass is 265 g/mol. The van der Waals surface area contributed by atoms with Crippen LogP contribution in [0.25, 0.3) is 0 Å². The zero-order chi connectivity index (χ0) is 14.0. The lowest BCUT2D eigenvalue weighted by Crippen LogP contribution is -2.29. The number of ether oxygens (including phenoxy) is 1. The highest BCUT2D eigenvalue weighted by Crippen LogP contribution is 2.34. The van der Waals surface area contributed by atoms with Crippen LogP contribution in [0, 0.1) is 17.7 Å². The zero-order valence-electron chi connectivity index (χ0n) is 12.0. The van der Waals surface area contributed by atoms with E-state index in [1.54, 1.807) is 13.0 Å². The fourth-order valence-corrected chi connectivity index (χ4v) is 3.21. The molecule has 1 aliphatic rings. The Morgan fingerprint density at radius 3 is 2.42 bits per heavy atom. The molecule has 0 bridgehead atoms. The molecule has 1 aromatic carbocycles. The third-order valence-corrected chi connectivity index (χ3v) is 3.90. The molecule has 2 nitrogen and oxygen atoms in total. The van der Waals surface area contributed by atoms with E-state index in [9.17, 15) is 4.39 Å². The fourth-order valence-electron chi connectivity index (χ4n) is 3.21. The van der Waals surface area contributed by atoms with E-state index in [0.29, 0.717) is 23.1 Å². The maximum Gasteiger partial charge on any atom is 0.131 e. The molecule has 0 saturated heterocycles. The highest BCUT2D eigenvalue weighted by Gasteiger charge is 2.26. The molecule has 2 unspecified atom stereocenters. The SMILES string of the molecule is CC1CC(C)CC(Oc2cccc(F)c2[C@@H](C)N)C1. The molecule has 0 radical (unpaired) electrons. The summed E-state index contributed by atoms with van der Waals surface area (Å²) in [6, 6.07) is 4.60. The topological polar surface area (TPSA) is 35.2 Å². The summed E-state index contributed by atoms with van der Waals surface area (Å²) < 4.78 is 19.9. The van der Waals surface area contributed by atoms with Gasteiger partial charge in [0.2, 0.25) is 0 Å². The van der Waals surface area contributed by atoms with Gasteiger partial charge in [-0.2, -0.15) is 0 Å². The standard InChI is InChI=1S/C16H24FNO/c1-10-7-11(2)9-13(8-10)19-15-6-4-5-14(17)16(15)12(3)18/h4-6,10-13H,7-9,18H2,1-3H3/t10?,11?,12-,13?/m1/s1. The summed E-state index contributed by atoms with van der Waals surface area (Å²) in [4.78, 5) is 0. The Bertz CT molecular complexity index is 423. The summed E-state index contributed by atoms with van der Waals surface area (Å²) >= 11 is 0. The average molecular weight is 265 g/mol. The maximum absolute atomic E-state index is 13.8. The van der Waals surface area contributed by atoms with Crippen molar-refractivity contribution in [1.29, 1.82) is 0 Å². The number of rotatable bonds is 3. The van der Waals surface area contributed by atoms with Gasteiger partial charge in [0.1, 0.15) is 11.6 Å². The first kappa shape index (κ1) is 14.3. The second-order valence-corrected chi connectivity index (χ2v) is 6.10. The van der Waals surface area contributed by atoms with Crippen LogP contribution in [0.5, 0.6) is 5.75 Å². The molecule has 2 rings (SSSR count). The summed E-state index contributed by atoms with van der Waals surface area (Å²) in [5.74, 6) is 1.67. The molecule has 0 aliphatic heterocycles. The molecule has 0 spiro atoms. The molecule has 2 N–H and O–H groups in total. The molecule has 0 amide bonds. The first-order valence-corrected chi connectivity index (χ1v) is 7.18. The minimum atomic E-state index is -0.352. The summed E-state index contributed by atoms with van der Waals surface area (Å²) in [6.45, 7) is 6.30. The van der Waals surface area contributed by atoms with Gasteiger partial charge < -0.3 is 10.5 Å². The first-order chi connectivity index (χ1) is 8.97. The fraction of sp³-hybridized carbons (Fsp3) is 0.625. The van der Waals surface area contributed by atoms with Crippen molar-refractivity contribution in [3.05, 3.63) is 29.6 Å². The average Bonchev–Trinajstić information content (AvgIpc) is 2.26. The number of nitrogens with two attached hydrogens (primary N) is 1. The predicted octanol–water partition coefficient (Wildman–Crippen LogP) is 4.05.